The van der Waals surface area contributed by atoms with Gasteiger partial charge in [0.05, 0.1) is 18.2 Å². The predicted molar refractivity (Wildman–Crippen MR) is 160 cm³/mol. The van der Waals surface area contributed by atoms with Crippen molar-refractivity contribution >= 4 is 22.9 Å². The van der Waals surface area contributed by atoms with Crippen LogP contribution in [0.5, 0.6) is 0 Å². The molecule has 42 heavy (non-hydrogen) atoms. The highest BCUT2D eigenvalue weighted by atomic mass is 19.1. The molecule has 2 amide bonds. The monoisotopic (exact) mass is 576 g/mol. The summed E-state index contributed by atoms with van der Waals surface area (Å²) in [6.45, 7) is 1.34. The van der Waals surface area contributed by atoms with Gasteiger partial charge in [-0.3, -0.25) is 9.78 Å². The summed E-state index contributed by atoms with van der Waals surface area (Å²) in [4.78, 5) is 31.8. The summed E-state index contributed by atoms with van der Waals surface area (Å²) in [6.07, 6.45) is 5.93. The van der Waals surface area contributed by atoms with Gasteiger partial charge in [-0.05, 0) is 75.8 Å². The van der Waals surface area contributed by atoms with Gasteiger partial charge in [0, 0.05) is 60.2 Å². The fourth-order valence-corrected chi connectivity index (χ4v) is 6.86. The minimum atomic E-state index is -1.46. The Labute approximate surface area is 246 Å². The SMILES string of the molecule is CN[C@@H]1CC[C@@H](C(=O)N2CCCC([C@@](O)(CCCNC(=O)OC)c3cccc(F)c3-c3cnc4ccccc4c3)C2)C1. The molecule has 0 spiro atoms. The molecule has 1 saturated carbocycles. The number of methoxy groups -OCH3 is 1. The summed E-state index contributed by atoms with van der Waals surface area (Å²) in [5, 5.41) is 19.5. The number of para-hydroxylation sites is 1. The first-order valence-corrected chi connectivity index (χ1v) is 15.0. The van der Waals surface area contributed by atoms with Crippen LogP contribution in [0.4, 0.5) is 9.18 Å². The second kappa shape index (κ2) is 13.2. The first-order chi connectivity index (χ1) is 20.3. The molecule has 2 heterocycles. The van der Waals surface area contributed by atoms with Gasteiger partial charge in [0.1, 0.15) is 5.82 Å². The third-order valence-corrected chi connectivity index (χ3v) is 9.15. The normalized spacial score (nSPS) is 22.1. The van der Waals surface area contributed by atoms with E-state index in [9.17, 15) is 14.7 Å². The van der Waals surface area contributed by atoms with Gasteiger partial charge >= 0.3 is 6.09 Å². The number of rotatable bonds is 9. The van der Waals surface area contributed by atoms with Crippen LogP contribution >= 0.6 is 0 Å². The highest BCUT2D eigenvalue weighted by Crippen LogP contribution is 2.45. The maximum Gasteiger partial charge on any atom is 0.406 e. The number of carbonyl (C=O) groups is 2. The van der Waals surface area contributed by atoms with Crippen LogP contribution in [0.25, 0.3) is 22.0 Å². The second-order valence-corrected chi connectivity index (χ2v) is 11.6. The summed E-state index contributed by atoms with van der Waals surface area (Å²) in [5.41, 5.74) is 0.726. The Bertz CT molecular complexity index is 1420. The molecule has 3 N–H and O–H groups in total. The van der Waals surface area contributed by atoms with Gasteiger partial charge in [-0.15, -0.1) is 0 Å². The molecule has 9 heteroatoms. The van der Waals surface area contributed by atoms with E-state index in [0.717, 1.165) is 36.6 Å². The van der Waals surface area contributed by atoms with E-state index in [-0.39, 0.29) is 24.2 Å². The molecule has 0 bridgehead atoms. The van der Waals surface area contributed by atoms with Crippen molar-refractivity contribution < 1.29 is 23.8 Å². The number of pyridine rings is 1. The molecule has 0 radical (unpaired) electrons. The van der Waals surface area contributed by atoms with Crippen molar-refractivity contribution in [1.82, 2.24) is 20.5 Å². The molecule has 8 nitrogen and oxygen atoms in total. The Balaban J connectivity index is 1.49. The van der Waals surface area contributed by atoms with Crippen LogP contribution < -0.4 is 10.6 Å². The topological polar surface area (TPSA) is 104 Å². The summed E-state index contributed by atoms with van der Waals surface area (Å²) < 4.78 is 20.5. The van der Waals surface area contributed by atoms with Crippen LogP contribution in [0.2, 0.25) is 0 Å². The van der Waals surface area contributed by atoms with E-state index in [1.807, 2.05) is 42.3 Å². The van der Waals surface area contributed by atoms with Crippen LogP contribution in [0.3, 0.4) is 0 Å². The molecule has 2 aliphatic rings. The number of amides is 2. The number of fused-ring (bicyclic) bond motifs is 1. The third kappa shape index (κ3) is 6.27. The van der Waals surface area contributed by atoms with Gasteiger partial charge in [0.25, 0.3) is 0 Å². The average molecular weight is 577 g/mol. The number of aromatic nitrogens is 1. The van der Waals surface area contributed by atoms with Gasteiger partial charge < -0.3 is 25.4 Å². The highest BCUT2D eigenvalue weighted by Gasteiger charge is 2.44. The first-order valence-electron chi connectivity index (χ1n) is 15.0. The minimum Gasteiger partial charge on any atom is -0.453 e. The predicted octanol–water partition coefficient (Wildman–Crippen LogP) is 4.99. The van der Waals surface area contributed by atoms with Crippen molar-refractivity contribution in [2.24, 2.45) is 11.8 Å². The van der Waals surface area contributed by atoms with Crippen LogP contribution in [-0.4, -0.2) is 66.8 Å². The molecule has 1 unspecified atom stereocenters. The number of alkyl carbamates (subject to hydrolysis) is 1. The van der Waals surface area contributed by atoms with Crippen LogP contribution in [0.1, 0.15) is 50.5 Å². The molecule has 2 fully saturated rings. The quantitative estimate of drug-likeness (QED) is 0.310. The van der Waals surface area contributed by atoms with Crippen molar-refractivity contribution in [3.8, 4) is 11.1 Å². The van der Waals surface area contributed by atoms with Gasteiger partial charge in [-0.25, -0.2) is 9.18 Å². The van der Waals surface area contributed by atoms with Crippen molar-refractivity contribution in [2.45, 2.75) is 56.6 Å². The van der Waals surface area contributed by atoms with E-state index in [1.54, 1.807) is 18.3 Å². The molecule has 2 aromatic carbocycles. The van der Waals surface area contributed by atoms with Crippen LogP contribution in [0, 0.1) is 17.7 Å². The largest absolute Gasteiger partial charge is 0.453 e. The van der Waals surface area contributed by atoms with E-state index < -0.39 is 17.5 Å². The number of hydrogen-bond acceptors (Lipinski definition) is 6. The molecule has 1 aliphatic carbocycles. The molecule has 224 valence electrons. The molecule has 3 aromatic rings. The van der Waals surface area contributed by atoms with E-state index in [0.29, 0.717) is 55.2 Å². The summed E-state index contributed by atoms with van der Waals surface area (Å²) in [7, 11) is 3.24. The smallest absolute Gasteiger partial charge is 0.406 e. The summed E-state index contributed by atoms with van der Waals surface area (Å²) in [6, 6.07) is 14.7. The fraction of sp³-hybridized carbons (Fsp3) is 0.485. The summed E-state index contributed by atoms with van der Waals surface area (Å²) >= 11 is 0. The zero-order valence-electron chi connectivity index (χ0n) is 24.4. The van der Waals surface area contributed by atoms with E-state index in [2.05, 4.69) is 15.6 Å². The van der Waals surface area contributed by atoms with Crippen molar-refractivity contribution in [3.05, 3.63) is 66.1 Å². The van der Waals surface area contributed by atoms with Crippen molar-refractivity contribution in [3.63, 3.8) is 0 Å². The summed E-state index contributed by atoms with van der Waals surface area (Å²) in [5.74, 6) is -0.635. The number of nitrogens with one attached hydrogen (secondary N) is 2. The minimum absolute atomic E-state index is 0.0213. The van der Waals surface area contributed by atoms with Crippen molar-refractivity contribution in [2.75, 3.05) is 33.8 Å². The first kappa shape index (κ1) is 29.9. The molecule has 4 atom stereocenters. The number of aliphatic hydroxyl groups is 1. The zero-order valence-corrected chi connectivity index (χ0v) is 24.4. The van der Waals surface area contributed by atoms with Gasteiger partial charge in [0.15, 0.2) is 0 Å². The maximum absolute atomic E-state index is 15.8. The number of likely N-dealkylation sites (tertiary alicyclic amines) is 1. The Morgan fingerprint density at radius 2 is 2.00 bits per heavy atom. The lowest BCUT2D eigenvalue weighted by molar-refractivity contribution is -0.140. The number of nitrogens with zero attached hydrogens (tertiary/aromatic N) is 2. The number of hydrogen-bond donors (Lipinski definition) is 3. The lowest BCUT2D eigenvalue weighted by atomic mass is 9.72. The number of halogens is 1. The molecule has 1 saturated heterocycles. The van der Waals surface area contributed by atoms with E-state index in [1.165, 1.54) is 13.2 Å². The zero-order chi connectivity index (χ0) is 29.7. The number of piperidine rings is 1. The van der Waals surface area contributed by atoms with Crippen molar-refractivity contribution in [1.29, 1.82) is 0 Å². The fourth-order valence-electron chi connectivity index (χ4n) is 6.86. The Morgan fingerprint density at radius 1 is 1.17 bits per heavy atom. The third-order valence-electron chi connectivity index (χ3n) is 9.15. The molecular formula is C33H41FN4O4. The van der Waals surface area contributed by atoms with Crippen LogP contribution in [-0.2, 0) is 15.1 Å². The Hall–Kier alpha value is -3.56. The lowest BCUT2D eigenvalue weighted by Crippen LogP contribution is -2.50. The molecule has 1 aliphatic heterocycles. The lowest BCUT2D eigenvalue weighted by Gasteiger charge is -2.44. The number of carbonyl (C=O) groups excluding carboxylic acids is 2. The number of benzene rings is 2. The second-order valence-electron chi connectivity index (χ2n) is 11.6. The van der Waals surface area contributed by atoms with Gasteiger partial charge in [-0.1, -0.05) is 30.3 Å². The average Bonchev–Trinajstić information content (AvgIpc) is 3.51. The molecule has 1 aromatic heterocycles. The van der Waals surface area contributed by atoms with E-state index >= 15 is 4.39 Å². The highest BCUT2D eigenvalue weighted by molar-refractivity contribution is 5.84. The van der Waals surface area contributed by atoms with Crippen LogP contribution in [0.15, 0.2) is 54.7 Å². The van der Waals surface area contributed by atoms with Gasteiger partial charge in [-0.2, -0.15) is 0 Å². The van der Waals surface area contributed by atoms with Gasteiger partial charge in [0.2, 0.25) is 5.91 Å². The van der Waals surface area contributed by atoms with E-state index in [4.69, 9.17) is 4.74 Å². The molecule has 5 rings (SSSR count). The molecular weight excluding hydrogens is 535 g/mol. The standard InChI is InChI=1S/C33H41FN4O4/c1-35-26-14-13-23(19-26)31(39)38-17-6-9-25(21-38)33(41,15-7-16-36-32(40)42-2)27-10-5-11-28(34)30(27)24-18-22-8-3-4-12-29(22)37-20-24/h3-5,8,10-12,18,20,23,25-26,35,41H,6-7,9,13-17,19,21H2,1-2H3,(H,36,40)/t23-,25?,26-,33+/m1/s1. The Kier molecular flexibility index (Phi) is 9.38. The number of ether oxygens (including phenoxy) is 1. The maximum atomic E-state index is 15.8. The Morgan fingerprint density at radius 3 is 2.79 bits per heavy atom.